The van der Waals surface area contributed by atoms with E-state index in [-0.39, 0.29) is 12.2 Å². The van der Waals surface area contributed by atoms with E-state index >= 15 is 0 Å². The molecule has 1 aromatic rings. The number of anilines is 1. The van der Waals surface area contributed by atoms with Crippen molar-refractivity contribution < 1.29 is 13.2 Å². The molecule has 0 saturated carbocycles. The van der Waals surface area contributed by atoms with Gasteiger partial charge in [0.2, 0.25) is 0 Å². The van der Waals surface area contributed by atoms with Gasteiger partial charge in [-0.25, -0.2) is 9.97 Å². The summed E-state index contributed by atoms with van der Waals surface area (Å²) in [6.07, 6.45) is -4.56. The van der Waals surface area contributed by atoms with Crippen molar-refractivity contribution in [2.24, 2.45) is 0 Å². The largest absolute Gasteiger partial charge is 0.389 e. The second kappa shape index (κ2) is 5.83. The summed E-state index contributed by atoms with van der Waals surface area (Å²) in [5.74, 6) is 0.832. The van der Waals surface area contributed by atoms with Crippen molar-refractivity contribution in [1.29, 1.82) is 0 Å². The van der Waals surface area contributed by atoms with Crippen molar-refractivity contribution in [2.75, 3.05) is 12.4 Å². The van der Waals surface area contributed by atoms with Crippen molar-refractivity contribution in [3.8, 4) is 0 Å². The third kappa shape index (κ3) is 4.29. The van der Waals surface area contributed by atoms with Gasteiger partial charge in [-0.2, -0.15) is 13.2 Å². The molecular weight excluding hydrogens is 346 g/mol. The molecule has 17 heavy (non-hydrogen) atoms. The standard InChI is InChI=1S/C10H13F3IN3/c1-3-6-8(14)9(15-2)17-7(16-6)4-5-10(11,12)13/h3-5H2,1-2H3,(H,15,16,17). The Morgan fingerprint density at radius 3 is 2.41 bits per heavy atom. The number of rotatable bonds is 4. The summed E-state index contributed by atoms with van der Waals surface area (Å²) in [6, 6.07) is 0. The molecule has 0 saturated heterocycles. The van der Waals surface area contributed by atoms with Gasteiger partial charge in [0, 0.05) is 13.5 Å². The lowest BCUT2D eigenvalue weighted by Crippen LogP contribution is -2.12. The summed E-state index contributed by atoms with van der Waals surface area (Å²) in [5.41, 5.74) is 0.780. The van der Waals surface area contributed by atoms with Crippen LogP contribution in [0.25, 0.3) is 0 Å². The molecule has 0 spiro atoms. The van der Waals surface area contributed by atoms with Gasteiger partial charge in [0.25, 0.3) is 0 Å². The maximum Gasteiger partial charge on any atom is 0.389 e. The van der Waals surface area contributed by atoms with Crippen LogP contribution in [0.1, 0.15) is 24.9 Å². The zero-order valence-corrected chi connectivity index (χ0v) is 11.7. The zero-order chi connectivity index (χ0) is 13.1. The van der Waals surface area contributed by atoms with E-state index in [9.17, 15) is 13.2 Å². The van der Waals surface area contributed by atoms with E-state index in [4.69, 9.17) is 0 Å². The molecule has 0 aromatic carbocycles. The van der Waals surface area contributed by atoms with Crippen LogP contribution in [0, 0.1) is 3.57 Å². The molecule has 0 amide bonds. The van der Waals surface area contributed by atoms with Gasteiger partial charge >= 0.3 is 6.18 Å². The minimum atomic E-state index is -4.17. The second-order valence-electron chi connectivity index (χ2n) is 3.47. The maximum atomic E-state index is 12.1. The minimum absolute atomic E-state index is 0.178. The zero-order valence-electron chi connectivity index (χ0n) is 9.53. The molecule has 1 aromatic heterocycles. The third-order valence-corrected chi connectivity index (χ3v) is 3.30. The van der Waals surface area contributed by atoms with Gasteiger partial charge in [-0.1, -0.05) is 6.92 Å². The smallest absolute Gasteiger partial charge is 0.372 e. The topological polar surface area (TPSA) is 37.8 Å². The average molecular weight is 359 g/mol. The normalized spacial score (nSPS) is 11.6. The van der Waals surface area contributed by atoms with Gasteiger partial charge in [0.1, 0.15) is 11.6 Å². The highest BCUT2D eigenvalue weighted by molar-refractivity contribution is 14.1. The van der Waals surface area contributed by atoms with Crippen LogP contribution >= 0.6 is 22.6 Å². The van der Waals surface area contributed by atoms with Crippen LogP contribution in [0.4, 0.5) is 19.0 Å². The molecule has 0 aliphatic carbocycles. The number of aromatic nitrogens is 2. The monoisotopic (exact) mass is 359 g/mol. The van der Waals surface area contributed by atoms with Crippen LogP contribution in [0.2, 0.25) is 0 Å². The first-order valence-corrected chi connectivity index (χ1v) is 6.25. The van der Waals surface area contributed by atoms with Crippen molar-refractivity contribution in [1.82, 2.24) is 9.97 Å². The van der Waals surface area contributed by atoms with E-state index in [2.05, 4.69) is 37.9 Å². The fourth-order valence-electron chi connectivity index (χ4n) is 1.31. The van der Waals surface area contributed by atoms with E-state index in [1.165, 1.54) is 0 Å². The van der Waals surface area contributed by atoms with Crippen LogP contribution in [-0.4, -0.2) is 23.2 Å². The van der Waals surface area contributed by atoms with Crippen molar-refractivity contribution in [3.05, 3.63) is 15.1 Å². The molecule has 0 aliphatic heterocycles. The number of nitrogens with one attached hydrogen (secondary N) is 1. The van der Waals surface area contributed by atoms with E-state index < -0.39 is 12.6 Å². The van der Waals surface area contributed by atoms with Crippen LogP contribution in [0.15, 0.2) is 0 Å². The first-order chi connectivity index (χ1) is 7.87. The highest BCUT2D eigenvalue weighted by Crippen LogP contribution is 2.23. The molecule has 7 heteroatoms. The van der Waals surface area contributed by atoms with Gasteiger partial charge in [0.15, 0.2) is 0 Å². The Balaban J connectivity index is 2.93. The van der Waals surface area contributed by atoms with E-state index in [0.717, 1.165) is 9.26 Å². The van der Waals surface area contributed by atoms with Crippen molar-refractivity contribution in [3.63, 3.8) is 0 Å². The van der Waals surface area contributed by atoms with Gasteiger partial charge in [0.05, 0.1) is 15.7 Å². The first kappa shape index (κ1) is 14.5. The number of aryl methyl sites for hydroxylation is 2. The van der Waals surface area contributed by atoms with Gasteiger partial charge in [-0.05, 0) is 29.0 Å². The Labute approximate surface area is 111 Å². The first-order valence-electron chi connectivity index (χ1n) is 5.17. The average Bonchev–Trinajstić information content (AvgIpc) is 2.26. The summed E-state index contributed by atoms with van der Waals surface area (Å²) in [6.45, 7) is 1.91. The summed E-state index contributed by atoms with van der Waals surface area (Å²) < 4.78 is 37.2. The lowest BCUT2D eigenvalue weighted by molar-refractivity contribution is -0.134. The predicted octanol–water partition coefficient (Wildman–Crippen LogP) is 3.18. The molecule has 1 heterocycles. The molecule has 96 valence electrons. The fraction of sp³-hybridized carbons (Fsp3) is 0.600. The Kier molecular flexibility index (Phi) is 4.96. The van der Waals surface area contributed by atoms with Crippen molar-refractivity contribution in [2.45, 2.75) is 32.4 Å². The number of alkyl halides is 3. The molecule has 0 atom stereocenters. The molecule has 0 bridgehead atoms. The predicted molar refractivity (Wildman–Crippen MR) is 68.0 cm³/mol. The quantitative estimate of drug-likeness (QED) is 0.840. The summed E-state index contributed by atoms with van der Waals surface area (Å²) in [5, 5.41) is 2.87. The third-order valence-electron chi connectivity index (χ3n) is 2.17. The molecule has 0 radical (unpaired) electrons. The summed E-state index contributed by atoms with van der Waals surface area (Å²) in [7, 11) is 1.69. The van der Waals surface area contributed by atoms with E-state index in [1.807, 2.05) is 6.92 Å². The summed E-state index contributed by atoms with van der Waals surface area (Å²) in [4.78, 5) is 8.22. The van der Waals surface area contributed by atoms with Crippen LogP contribution in [0.3, 0.4) is 0 Å². The number of hydrogen-bond acceptors (Lipinski definition) is 3. The molecule has 0 unspecified atom stereocenters. The number of hydrogen-bond donors (Lipinski definition) is 1. The van der Waals surface area contributed by atoms with Crippen molar-refractivity contribution >= 4 is 28.4 Å². The lowest BCUT2D eigenvalue weighted by atomic mass is 10.2. The number of halogens is 4. The molecule has 0 aliphatic rings. The van der Waals surface area contributed by atoms with E-state index in [0.29, 0.717) is 12.2 Å². The highest BCUT2D eigenvalue weighted by Gasteiger charge is 2.27. The van der Waals surface area contributed by atoms with Crippen LogP contribution in [0.5, 0.6) is 0 Å². The highest BCUT2D eigenvalue weighted by atomic mass is 127. The molecule has 1 rings (SSSR count). The maximum absolute atomic E-state index is 12.1. The minimum Gasteiger partial charge on any atom is -0.372 e. The van der Waals surface area contributed by atoms with Crippen LogP contribution in [-0.2, 0) is 12.8 Å². The fourth-order valence-corrected chi connectivity index (χ4v) is 2.20. The Morgan fingerprint density at radius 1 is 1.29 bits per heavy atom. The van der Waals surface area contributed by atoms with E-state index in [1.54, 1.807) is 7.05 Å². The van der Waals surface area contributed by atoms with Gasteiger partial charge in [-0.15, -0.1) is 0 Å². The number of nitrogens with zero attached hydrogens (tertiary/aromatic N) is 2. The lowest BCUT2D eigenvalue weighted by Gasteiger charge is -2.10. The Bertz CT molecular complexity index is 368. The van der Waals surface area contributed by atoms with Gasteiger partial charge in [-0.3, -0.25) is 0 Å². The summed E-state index contributed by atoms with van der Waals surface area (Å²) >= 11 is 2.09. The molecular formula is C10H13F3IN3. The van der Waals surface area contributed by atoms with Crippen LogP contribution < -0.4 is 5.32 Å². The second-order valence-corrected chi connectivity index (χ2v) is 4.55. The molecule has 0 fully saturated rings. The Hall–Kier alpha value is -0.600. The molecule has 3 nitrogen and oxygen atoms in total. The van der Waals surface area contributed by atoms with Gasteiger partial charge < -0.3 is 5.32 Å². The molecule has 1 N–H and O–H groups in total. The SMILES string of the molecule is CCc1nc(CCC(F)(F)F)nc(NC)c1I. The Morgan fingerprint density at radius 2 is 1.94 bits per heavy atom.